The lowest BCUT2D eigenvalue weighted by Crippen LogP contribution is -2.39. The highest BCUT2D eigenvalue weighted by Gasteiger charge is 2.17. The lowest BCUT2D eigenvalue weighted by atomic mass is 10.1. The predicted molar refractivity (Wildman–Crippen MR) is 129 cm³/mol. The van der Waals surface area contributed by atoms with Gasteiger partial charge in [-0.05, 0) is 82.8 Å². The summed E-state index contributed by atoms with van der Waals surface area (Å²) in [5.74, 6) is 1.03. The smallest absolute Gasteiger partial charge is 0.253 e. The number of amides is 1. The first-order valence-electron chi connectivity index (χ1n) is 12.4. The maximum atomic E-state index is 12.6. The van der Waals surface area contributed by atoms with E-state index in [9.17, 15) is 4.79 Å². The Morgan fingerprint density at radius 3 is 2.23 bits per heavy atom. The number of nitrogens with one attached hydrogen (secondary N) is 2. The normalized spacial score (nSPS) is 18.5. The molecule has 1 aromatic carbocycles. The molecule has 0 radical (unpaired) electrons. The number of hydrogen-bond acceptors (Lipinski definition) is 3. The van der Waals surface area contributed by atoms with Gasteiger partial charge in [-0.1, -0.05) is 25.0 Å². The van der Waals surface area contributed by atoms with Gasteiger partial charge in [0.05, 0.1) is 6.54 Å². The van der Waals surface area contributed by atoms with Crippen LogP contribution in [0.25, 0.3) is 0 Å². The van der Waals surface area contributed by atoms with Crippen molar-refractivity contribution in [3.05, 3.63) is 35.4 Å². The van der Waals surface area contributed by atoms with E-state index in [1.54, 1.807) is 0 Å². The Morgan fingerprint density at radius 1 is 0.903 bits per heavy atom. The van der Waals surface area contributed by atoms with Gasteiger partial charge in [0.15, 0.2) is 5.96 Å². The highest BCUT2D eigenvalue weighted by molar-refractivity contribution is 5.94. The summed E-state index contributed by atoms with van der Waals surface area (Å²) in [6.07, 6.45) is 10.1. The molecule has 2 N–H and O–H groups in total. The number of rotatable bonds is 8. The molecule has 2 aliphatic heterocycles. The molecule has 1 amide bonds. The molecule has 2 heterocycles. The standard InChI is InChI=1S/C25H41N5O/c1-2-26-25(27-15-10-18-29-16-6-3-4-7-17-29)28-21-22-11-13-23(14-12-22)24(31)30-19-8-5-9-20-30/h11-14H,2-10,15-21H2,1H3,(H2,26,27,28). The number of hydrogen-bond donors (Lipinski definition) is 2. The average molecular weight is 428 g/mol. The van der Waals surface area contributed by atoms with Crippen molar-refractivity contribution in [1.82, 2.24) is 20.4 Å². The van der Waals surface area contributed by atoms with E-state index >= 15 is 0 Å². The van der Waals surface area contributed by atoms with Gasteiger partial charge in [-0.25, -0.2) is 4.99 Å². The minimum atomic E-state index is 0.161. The second-order valence-electron chi connectivity index (χ2n) is 8.78. The van der Waals surface area contributed by atoms with Gasteiger partial charge in [-0.2, -0.15) is 0 Å². The van der Waals surface area contributed by atoms with Crippen LogP contribution in [0.3, 0.4) is 0 Å². The molecule has 172 valence electrons. The number of benzene rings is 1. The Morgan fingerprint density at radius 2 is 1.55 bits per heavy atom. The molecular formula is C25H41N5O. The van der Waals surface area contributed by atoms with Crippen molar-refractivity contribution in [2.45, 2.75) is 64.8 Å². The molecule has 2 aliphatic rings. The molecule has 0 bridgehead atoms. The highest BCUT2D eigenvalue weighted by Crippen LogP contribution is 2.14. The number of carbonyl (C=O) groups excluding carboxylic acids is 1. The molecule has 0 atom stereocenters. The molecule has 1 aromatic rings. The maximum Gasteiger partial charge on any atom is 0.253 e. The summed E-state index contributed by atoms with van der Waals surface area (Å²) >= 11 is 0. The van der Waals surface area contributed by atoms with E-state index in [1.807, 2.05) is 29.2 Å². The van der Waals surface area contributed by atoms with Crippen LogP contribution in [0.5, 0.6) is 0 Å². The summed E-state index contributed by atoms with van der Waals surface area (Å²) in [5.41, 5.74) is 1.91. The number of piperidine rings is 1. The van der Waals surface area contributed by atoms with Gasteiger partial charge in [0.1, 0.15) is 0 Å². The van der Waals surface area contributed by atoms with E-state index < -0.39 is 0 Å². The Bertz CT molecular complexity index is 674. The van der Waals surface area contributed by atoms with Crippen LogP contribution in [-0.4, -0.2) is 67.5 Å². The SMILES string of the molecule is CCNC(=NCc1ccc(C(=O)N2CCCCC2)cc1)NCCCN1CCCCCC1. The summed E-state index contributed by atoms with van der Waals surface area (Å²) in [6.45, 7) is 9.94. The first kappa shape index (κ1) is 23.6. The molecule has 6 nitrogen and oxygen atoms in total. The second kappa shape index (κ2) is 13.4. The zero-order valence-electron chi connectivity index (χ0n) is 19.4. The molecule has 2 saturated heterocycles. The first-order valence-corrected chi connectivity index (χ1v) is 12.4. The zero-order valence-corrected chi connectivity index (χ0v) is 19.4. The van der Waals surface area contributed by atoms with E-state index in [-0.39, 0.29) is 5.91 Å². The van der Waals surface area contributed by atoms with Crippen LogP contribution in [0.15, 0.2) is 29.3 Å². The summed E-state index contributed by atoms with van der Waals surface area (Å²) in [7, 11) is 0. The second-order valence-corrected chi connectivity index (χ2v) is 8.78. The van der Waals surface area contributed by atoms with Gasteiger partial charge in [0, 0.05) is 31.7 Å². The molecule has 0 aromatic heterocycles. The minimum absolute atomic E-state index is 0.161. The number of carbonyl (C=O) groups is 1. The predicted octanol–water partition coefficient (Wildman–Crippen LogP) is 3.63. The molecule has 0 saturated carbocycles. The quantitative estimate of drug-likeness (QED) is 0.378. The van der Waals surface area contributed by atoms with Crippen molar-refractivity contribution in [3.8, 4) is 0 Å². The van der Waals surface area contributed by atoms with Crippen LogP contribution in [0.4, 0.5) is 0 Å². The third-order valence-electron chi connectivity index (χ3n) is 6.25. The minimum Gasteiger partial charge on any atom is -0.357 e. The first-order chi connectivity index (χ1) is 15.3. The molecule has 31 heavy (non-hydrogen) atoms. The third kappa shape index (κ3) is 8.17. The monoisotopic (exact) mass is 427 g/mol. The van der Waals surface area contributed by atoms with Gasteiger partial charge in [-0.3, -0.25) is 4.79 Å². The largest absolute Gasteiger partial charge is 0.357 e. The summed E-state index contributed by atoms with van der Waals surface area (Å²) in [5, 5.41) is 6.81. The molecule has 0 aliphatic carbocycles. The van der Waals surface area contributed by atoms with Crippen LogP contribution in [-0.2, 0) is 6.54 Å². The van der Waals surface area contributed by atoms with Crippen molar-refractivity contribution >= 4 is 11.9 Å². The number of guanidine groups is 1. The summed E-state index contributed by atoms with van der Waals surface area (Å²) in [4.78, 5) is 21.9. The Balaban J connectivity index is 1.43. The van der Waals surface area contributed by atoms with Gasteiger partial charge in [-0.15, -0.1) is 0 Å². The molecule has 3 rings (SSSR count). The van der Waals surface area contributed by atoms with Crippen LogP contribution in [0, 0.1) is 0 Å². The van der Waals surface area contributed by atoms with E-state index in [1.165, 1.54) is 51.7 Å². The molecular weight excluding hydrogens is 386 g/mol. The molecule has 0 unspecified atom stereocenters. The lowest BCUT2D eigenvalue weighted by Gasteiger charge is -2.26. The number of likely N-dealkylation sites (tertiary alicyclic amines) is 2. The van der Waals surface area contributed by atoms with Crippen LogP contribution in [0.1, 0.15) is 74.2 Å². The van der Waals surface area contributed by atoms with Gasteiger partial charge in [0.25, 0.3) is 5.91 Å². The molecule has 0 spiro atoms. The van der Waals surface area contributed by atoms with E-state index in [2.05, 4.69) is 22.5 Å². The van der Waals surface area contributed by atoms with Gasteiger partial charge in [0.2, 0.25) is 0 Å². The fourth-order valence-electron chi connectivity index (χ4n) is 4.41. The van der Waals surface area contributed by atoms with Crippen molar-refractivity contribution in [2.24, 2.45) is 4.99 Å². The van der Waals surface area contributed by atoms with Crippen molar-refractivity contribution in [3.63, 3.8) is 0 Å². The van der Waals surface area contributed by atoms with E-state index in [0.717, 1.165) is 62.5 Å². The Hall–Kier alpha value is -2.08. The Labute approximate surface area is 188 Å². The van der Waals surface area contributed by atoms with Crippen molar-refractivity contribution < 1.29 is 4.79 Å². The Kier molecular flexibility index (Phi) is 10.2. The van der Waals surface area contributed by atoms with Crippen LogP contribution in [0.2, 0.25) is 0 Å². The topological polar surface area (TPSA) is 60.0 Å². The highest BCUT2D eigenvalue weighted by atomic mass is 16.2. The van der Waals surface area contributed by atoms with Crippen LogP contribution < -0.4 is 10.6 Å². The third-order valence-corrected chi connectivity index (χ3v) is 6.25. The molecule has 6 heteroatoms. The van der Waals surface area contributed by atoms with Crippen molar-refractivity contribution in [1.29, 1.82) is 0 Å². The van der Waals surface area contributed by atoms with E-state index in [4.69, 9.17) is 4.99 Å². The average Bonchev–Trinajstić information content (AvgIpc) is 3.09. The fraction of sp³-hybridized carbons (Fsp3) is 0.680. The van der Waals surface area contributed by atoms with Gasteiger partial charge >= 0.3 is 0 Å². The maximum absolute atomic E-state index is 12.6. The summed E-state index contributed by atoms with van der Waals surface area (Å²) in [6, 6.07) is 7.96. The summed E-state index contributed by atoms with van der Waals surface area (Å²) < 4.78 is 0. The zero-order chi connectivity index (χ0) is 21.7. The van der Waals surface area contributed by atoms with Gasteiger partial charge < -0.3 is 20.4 Å². The number of aliphatic imine (C=N–C) groups is 1. The lowest BCUT2D eigenvalue weighted by molar-refractivity contribution is 0.0724. The van der Waals surface area contributed by atoms with Crippen LogP contribution >= 0.6 is 0 Å². The van der Waals surface area contributed by atoms with Crippen molar-refractivity contribution in [2.75, 3.05) is 45.8 Å². The van der Waals surface area contributed by atoms with E-state index in [0.29, 0.717) is 6.54 Å². The molecule has 2 fully saturated rings. The fourth-order valence-corrected chi connectivity index (χ4v) is 4.41. The number of nitrogens with zero attached hydrogens (tertiary/aromatic N) is 3.